The third-order valence-electron chi connectivity index (χ3n) is 4.73. The van der Waals surface area contributed by atoms with Crippen LogP contribution in [-0.4, -0.2) is 4.98 Å². The van der Waals surface area contributed by atoms with Crippen LogP contribution in [0.2, 0.25) is 0 Å². The highest BCUT2D eigenvalue weighted by Crippen LogP contribution is 2.22. The van der Waals surface area contributed by atoms with Crippen molar-refractivity contribution in [2.45, 2.75) is 59.8 Å². The third-order valence-corrected chi connectivity index (χ3v) is 4.73. The summed E-state index contributed by atoms with van der Waals surface area (Å²) in [6, 6.07) is 4.86. The van der Waals surface area contributed by atoms with Crippen molar-refractivity contribution >= 4 is 0 Å². The normalized spacial score (nSPS) is 12.1. The summed E-state index contributed by atoms with van der Waals surface area (Å²) in [6.45, 7) is 8.43. The zero-order chi connectivity index (χ0) is 21.2. The molecule has 2 rings (SSSR count). The third kappa shape index (κ3) is 7.57. The monoisotopic (exact) mass is 392 g/mol. The molecule has 0 radical (unpaired) electrons. The molecule has 0 bridgehead atoms. The fraction of sp³-hybridized carbons (Fsp3) is 0.360. The topological polar surface area (TPSA) is 66.2 Å². The standard InChI is InChI=1S/C25H31NO3/c1-18(2)8-5-9-19(3)10-6-11-20(4)13-14-22-23(27)16-24(29-25(22)28)21-12-7-15-26-17-21/h7-8,10,12-13,15-17,27H,5-6,9,11,14H2,1-4H3/p-1/b19-10+,20-13+. The van der Waals surface area contributed by atoms with Gasteiger partial charge in [0.15, 0.2) is 0 Å². The molecule has 0 N–H and O–H groups in total. The average Bonchev–Trinajstić information content (AvgIpc) is 2.67. The summed E-state index contributed by atoms with van der Waals surface area (Å²) in [4.78, 5) is 16.3. The molecule has 4 nitrogen and oxygen atoms in total. The van der Waals surface area contributed by atoms with Gasteiger partial charge in [-0.15, -0.1) is 0 Å². The van der Waals surface area contributed by atoms with Crippen LogP contribution in [0.1, 0.15) is 58.9 Å². The predicted molar refractivity (Wildman–Crippen MR) is 117 cm³/mol. The number of aromatic nitrogens is 1. The Morgan fingerprint density at radius 2 is 1.76 bits per heavy atom. The molecule has 0 saturated heterocycles. The van der Waals surface area contributed by atoms with Gasteiger partial charge in [-0.2, -0.15) is 0 Å². The van der Waals surface area contributed by atoms with Gasteiger partial charge in [0, 0.05) is 23.5 Å². The van der Waals surface area contributed by atoms with E-state index in [1.54, 1.807) is 24.5 Å². The lowest BCUT2D eigenvalue weighted by atomic mass is 10.0. The van der Waals surface area contributed by atoms with Crippen molar-refractivity contribution < 1.29 is 9.52 Å². The minimum Gasteiger partial charge on any atom is -0.872 e. The van der Waals surface area contributed by atoms with Crippen molar-refractivity contribution in [1.29, 1.82) is 0 Å². The van der Waals surface area contributed by atoms with Crippen molar-refractivity contribution in [3.05, 3.63) is 81.5 Å². The van der Waals surface area contributed by atoms with Crippen LogP contribution < -0.4 is 10.7 Å². The van der Waals surface area contributed by atoms with Crippen LogP contribution in [0, 0.1) is 0 Å². The van der Waals surface area contributed by atoms with Crippen LogP contribution in [0.5, 0.6) is 5.75 Å². The maximum absolute atomic E-state index is 12.4. The molecule has 2 aromatic heterocycles. The van der Waals surface area contributed by atoms with Gasteiger partial charge in [-0.25, -0.2) is 4.79 Å². The number of pyridine rings is 1. The molecule has 0 fully saturated rings. The number of hydrogen-bond donors (Lipinski definition) is 0. The first-order valence-electron chi connectivity index (χ1n) is 10.1. The van der Waals surface area contributed by atoms with Crippen LogP contribution >= 0.6 is 0 Å². The van der Waals surface area contributed by atoms with Gasteiger partial charge in [0.05, 0.1) is 0 Å². The van der Waals surface area contributed by atoms with Crippen molar-refractivity contribution in [2.24, 2.45) is 0 Å². The van der Waals surface area contributed by atoms with E-state index in [4.69, 9.17) is 4.42 Å². The molecule has 0 atom stereocenters. The lowest BCUT2D eigenvalue weighted by Gasteiger charge is -2.12. The first-order chi connectivity index (χ1) is 13.9. The van der Waals surface area contributed by atoms with Gasteiger partial charge in [-0.1, -0.05) is 40.7 Å². The van der Waals surface area contributed by atoms with Crippen LogP contribution in [0.25, 0.3) is 11.3 Å². The molecule has 154 valence electrons. The Morgan fingerprint density at radius 3 is 2.38 bits per heavy atom. The number of rotatable bonds is 9. The van der Waals surface area contributed by atoms with Gasteiger partial charge in [-0.3, -0.25) is 4.98 Å². The largest absolute Gasteiger partial charge is 0.872 e. The summed E-state index contributed by atoms with van der Waals surface area (Å²) >= 11 is 0. The van der Waals surface area contributed by atoms with Gasteiger partial charge >= 0.3 is 5.63 Å². The van der Waals surface area contributed by atoms with E-state index in [1.807, 2.05) is 13.0 Å². The summed E-state index contributed by atoms with van der Waals surface area (Å²) in [5.74, 6) is -0.0366. The van der Waals surface area contributed by atoms with E-state index in [0.717, 1.165) is 31.3 Å². The van der Waals surface area contributed by atoms with Gasteiger partial charge in [0.25, 0.3) is 0 Å². The highest BCUT2D eigenvalue weighted by Gasteiger charge is 2.07. The second-order valence-electron chi connectivity index (χ2n) is 7.65. The molecule has 0 aliphatic carbocycles. The zero-order valence-electron chi connectivity index (χ0n) is 17.8. The van der Waals surface area contributed by atoms with Gasteiger partial charge in [0.2, 0.25) is 0 Å². The molecule has 0 aliphatic heterocycles. The van der Waals surface area contributed by atoms with Crippen molar-refractivity contribution in [3.8, 4) is 17.1 Å². The lowest BCUT2D eigenvalue weighted by molar-refractivity contribution is -0.269. The number of hydrogen-bond acceptors (Lipinski definition) is 4. The zero-order valence-corrected chi connectivity index (χ0v) is 17.8. The molecule has 0 unspecified atom stereocenters. The smallest absolute Gasteiger partial charge is 0.339 e. The summed E-state index contributed by atoms with van der Waals surface area (Å²) in [7, 11) is 0. The van der Waals surface area contributed by atoms with Crippen LogP contribution in [0.15, 0.2) is 74.8 Å². The van der Waals surface area contributed by atoms with E-state index in [0.29, 0.717) is 12.0 Å². The molecule has 0 aliphatic rings. The molecule has 29 heavy (non-hydrogen) atoms. The molecule has 2 aromatic rings. The highest BCUT2D eigenvalue weighted by molar-refractivity contribution is 5.57. The van der Waals surface area contributed by atoms with Gasteiger partial charge < -0.3 is 9.52 Å². The summed E-state index contributed by atoms with van der Waals surface area (Å²) in [6.07, 6.45) is 14.0. The quantitative estimate of drug-likeness (QED) is 0.511. The second-order valence-corrected chi connectivity index (χ2v) is 7.65. The van der Waals surface area contributed by atoms with Crippen LogP contribution in [0.3, 0.4) is 0 Å². The van der Waals surface area contributed by atoms with E-state index in [9.17, 15) is 9.90 Å². The average molecular weight is 393 g/mol. The minimum atomic E-state index is -0.574. The fourth-order valence-electron chi connectivity index (χ4n) is 2.95. The molecule has 2 heterocycles. The van der Waals surface area contributed by atoms with Gasteiger partial charge in [0.1, 0.15) is 5.76 Å². The first-order valence-corrected chi connectivity index (χ1v) is 10.1. The molecule has 0 amide bonds. The predicted octanol–water partition coefficient (Wildman–Crippen LogP) is 5.74. The van der Waals surface area contributed by atoms with Crippen molar-refractivity contribution in [3.63, 3.8) is 0 Å². The Kier molecular flexibility index (Phi) is 8.66. The molecule has 0 saturated carbocycles. The molecule has 0 aromatic carbocycles. The fourth-order valence-corrected chi connectivity index (χ4v) is 2.95. The van der Waals surface area contributed by atoms with Crippen LogP contribution in [-0.2, 0) is 6.42 Å². The van der Waals surface area contributed by atoms with Crippen LogP contribution in [0.4, 0.5) is 0 Å². The maximum Gasteiger partial charge on any atom is 0.339 e. The summed E-state index contributed by atoms with van der Waals surface area (Å²) < 4.78 is 5.34. The lowest BCUT2D eigenvalue weighted by Crippen LogP contribution is -2.12. The number of allylic oxidation sites excluding steroid dienone is 6. The van der Waals surface area contributed by atoms with E-state index in [-0.39, 0.29) is 17.1 Å². The molecular weight excluding hydrogens is 362 g/mol. The Bertz CT molecular complexity index is 946. The van der Waals surface area contributed by atoms with E-state index >= 15 is 0 Å². The van der Waals surface area contributed by atoms with Crippen molar-refractivity contribution in [1.82, 2.24) is 4.98 Å². The summed E-state index contributed by atoms with van der Waals surface area (Å²) in [5.41, 5.74) is 4.12. The van der Waals surface area contributed by atoms with E-state index < -0.39 is 5.63 Å². The highest BCUT2D eigenvalue weighted by atomic mass is 16.4. The van der Waals surface area contributed by atoms with Gasteiger partial charge in [-0.05, 0) is 78.0 Å². The van der Waals surface area contributed by atoms with Crippen molar-refractivity contribution in [2.75, 3.05) is 0 Å². The molecular formula is C25H30NO3-. The van der Waals surface area contributed by atoms with E-state index in [1.165, 1.54) is 17.2 Å². The SMILES string of the molecule is CC(C)=CCC/C(C)=C/CC/C(C)=C/Cc1c([O-])cc(-c2cccnc2)oc1=O. The Morgan fingerprint density at radius 1 is 1.07 bits per heavy atom. The minimum absolute atomic E-state index is 0.172. The Balaban J connectivity index is 1.95. The van der Waals surface area contributed by atoms with E-state index in [2.05, 4.69) is 37.9 Å². The molecule has 4 heteroatoms. The maximum atomic E-state index is 12.4. The summed E-state index contributed by atoms with van der Waals surface area (Å²) in [5, 5.41) is 12.4. The number of nitrogens with zero attached hydrogens (tertiary/aromatic N) is 1. The first kappa shape index (κ1) is 22.4. The molecule has 0 spiro atoms. The Labute approximate surface area is 173 Å². The Hall–Kier alpha value is -2.88. The second kappa shape index (κ2) is 11.2.